The summed E-state index contributed by atoms with van der Waals surface area (Å²) in [6.07, 6.45) is 16.1. The molecule has 30 heavy (non-hydrogen) atoms. The number of ketones is 1. The lowest BCUT2D eigenvalue weighted by Gasteiger charge is -2.09. The number of esters is 1. The van der Waals surface area contributed by atoms with Crippen molar-refractivity contribution < 1.29 is 19.4 Å². The topological polar surface area (TPSA) is 63.6 Å². The third-order valence-corrected chi connectivity index (χ3v) is 5.52. The monoisotopic (exact) mass is 418 g/mol. The van der Waals surface area contributed by atoms with Gasteiger partial charge in [0.1, 0.15) is 0 Å². The van der Waals surface area contributed by atoms with E-state index in [1.807, 2.05) is 6.07 Å². The Bertz CT molecular complexity index is 555. The predicted molar refractivity (Wildman–Crippen MR) is 123 cm³/mol. The number of aliphatic hydroxyl groups excluding tert-OH is 1. The number of hydrogen-bond donors (Lipinski definition) is 1. The van der Waals surface area contributed by atoms with Gasteiger partial charge >= 0.3 is 5.97 Å². The molecule has 1 N–H and O–H groups in total. The van der Waals surface area contributed by atoms with E-state index in [0.717, 1.165) is 44.9 Å². The van der Waals surface area contributed by atoms with E-state index < -0.39 is 0 Å². The second kappa shape index (κ2) is 18.1. The van der Waals surface area contributed by atoms with E-state index in [1.54, 1.807) is 24.3 Å². The molecule has 1 aromatic rings. The Balaban J connectivity index is 1.86. The van der Waals surface area contributed by atoms with Crippen molar-refractivity contribution in [2.45, 2.75) is 109 Å². The highest BCUT2D eigenvalue weighted by Gasteiger charge is 2.09. The molecule has 0 heterocycles. The zero-order chi connectivity index (χ0) is 21.9. The molecule has 0 spiro atoms. The summed E-state index contributed by atoms with van der Waals surface area (Å²) in [5, 5.41) is 9.90. The minimum Gasteiger partial charge on any atom is -0.457 e. The predicted octanol–water partition coefficient (Wildman–Crippen LogP) is 6.64. The molecule has 0 fully saturated rings. The van der Waals surface area contributed by atoms with Crippen LogP contribution in [-0.2, 0) is 9.53 Å². The number of benzene rings is 1. The largest absolute Gasteiger partial charge is 0.457 e. The molecule has 0 aliphatic carbocycles. The fourth-order valence-corrected chi connectivity index (χ4v) is 3.59. The van der Waals surface area contributed by atoms with Gasteiger partial charge in [-0.2, -0.15) is 0 Å². The second-order valence-electron chi connectivity index (χ2n) is 8.32. The van der Waals surface area contributed by atoms with Gasteiger partial charge in [0, 0.05) is 12.0 Å². The molecule has 0 amide bonds. The molecule has 0 aliphatic rings. The summed E-state index contributed by atoms with van der Waals surface area (Å²) in [5.74, 6) is -0.439. The van der Waals surface area contributed by atoms with Crippen molar-refractivity contribution in [3.63, 3.8) is 0 Å². The van der Waals surface area contributed by atoms with E-state index in [0.29, 0.717) is 12.0 Å². The number of carbonyl (C=O) groups excluding carboxylic acids is 2. The SMILES string of the molecule is CCCCCC(O)CCCCCCCCCCCC(=O)OCC(=O)c1ccccc1. The minimum absolute atomic E-state index is 0.0975. The van der Waals surface area contributed by atoms with Gasteiger partial charge in [0.15, 0.2) is 12.4 Å². The van der Waals surface area contributed by atoms with Crippen molar-refractivity contribution in [2.24, 2.45) is 0 Å². The Hall–Kier alpha value is -1.68. The molecule has 0 saturated heterocycles. The van der Waals surface area contributed by atoms with E-state index in [2.05, 4.69) is 6.92 Å². The first-order valence-electron chi connectivity index (χ1n) is 12.1. The highest BCUT2D eigenvalue weighted by Crippen LogP contribution is 2.14. The molecule has 1 rings (SSSR count). The molecule has 1 atom stereocenters. The smallest absolute Gasteiger partial charge is 0.306 e. The van der Waals surface area contributed by atoms with Crippen molar-refractivity contribution in [3.05, 3.63) is 35.9 Å². The van der Waals surface area contributed by atoms with Crippen LogP contribution in [-0.4, -0.2) is 29.6 Å². The Labute approximate surface area is 183 Å². The third-order valence-electron chi connectivity index (χ3n) is 5.52. The van der Waals surface area contributed by atoms with Crippen LogP contribution in [0, 0.1) is 0 Å². The number of Topliss-reactive ketones (excluding diaryl/α,β-unsaturated/α-hetero) is 1. The zero-order valence-corrected chi connectivity index (χ0v) is 18.9. The molecule has 1 unspecified atom stereocenters. The number of carbonyl (C=O) groups is 2. The average molecular weight is 419 g/mol. The van der Waals surface area contributed by atoms with Gasteiger partial charge in [0.25, 0.3) is 0 Å². The van der Waals surface area contributed by atoms with E-state index in [9.17, 15) is 14.7 Å². The van der Waals surface area contributed by atoms with Crippen LogP contribution < -0.4 is 0 Å². The van der Waals surface area contributed by atoms with E-state index >= 15 is 0 Å². The fourth-order valence-electron chi connectivity index (χ4n) is 3.59. The Morgan fingerprint density at radius 2 is 1.33 bits per heavy atom. The Morgan fingerprint density at radius 3 is 1.93 bits per heavy atom. The third kappa shape index (κ3) is 14.3. The summed E-state index contributed by atoms with van der Waals surface area (Å²) < 4.78 is 5.08. The molecule has 0 aliphatic heterocycles. The fraction of sp³-hybridized carbons (Fsp3) is 0.692. The summed E-state index contributed by atoms with van der Waals surface area (Å²) in [4.78, 5) is 23.6. The molecule has 1 aromatic carbocycles. The Kier molecular flexibility index (Phi) is 15.9. The van der Waals surface area contributed by atoms with Crippen molar-refractivity contribution in [1.29, 1.82) is 0 Å². The Morgan fingerprint density at radius 1 is 0.800 bits per heavy atom. The highest BCUT2D eigenvalue weighted by molar-refractivity contribution is 5.97. The maximum atomic E-state index is 11.9. The van der Waals surface area contributed by atoms with Gasteiger partial charge in [-0.15, -0.1) is 0 Å². The summed E-state index contributed by atoms with van der Waals surface area (Å²) >= 11 is 0. The van der Waals surface area contributed by atoms with Crippen molar-refractivity contribution in [3.8, 4) is 0 Å². The van der Waals surface area contributed by atoms with Gasteiger partial charge < -0.3 is 9.84 Å². The normalized spacial score (nSPS) is 11.9. The summed E-state index contributed by atoms with van der Waals surface area (Å²) in [6, 6.07) is 8.91. The minimum atomic E-state index is -0.281. The molecule has 0 bridgehead atoms. The average Bonchev–Trinajstić information content (AvgIpc) is 2.76. The van der Waals surface area contributed by atoms with Crippen LogP contribution >= 0.6 is 0 Å². The van der Waals surface area contributed by atoms with Gasteiger partial charge in [0.05, 0.1) is 6.10 Å². The first kappa shape index (κ1) is 26.4. The molecule has 0 radical (unpaired) electrons. The van der Waals surface area contributed by atoms with Gasteiger partial charge in [0.2, 0.25) is 0 Å². The van der Waals surface area contributed by atoms with Crippen molar-refractivity contribution >= 4 is 11.8 Å². The van der Waals surface area contributed by atoms with Gasteiger partial charge in [-0.05, 0) is 19.3 Å². The van der Waals surface area contributed by atoms with E-state index in [-0.39, 0.29) is 24.5 Å². The molecule has 4 heteroatoms. The van der Waals surface area contributed by atoms with Crippen LogP contribution in [0.5, 0.6) is 0 Å². The highest BCUT2D eigenvalue weighted by atomic mass is 16.5. The summed E-state index contributed by atoms with van der Waals surface area (Å²) in [7, 11) is 0. The number of rotatable bonds is 19. The lowest BCUT2D eigenvalue weighted by atomic mass is 10.0. The van der Waals surface area contributed by atoms with Gasteiger partial charge in [-0.1, -0.05) is 108 Å². The molecular formula is C26H42O4. The standard InChI is InChI=1S/C26H42O4/c1-2-3-12-19-24(27)20-15-9-7-5-4-6-8-10-16-21-26(29)30-22-25(28)23-17-13-11-14-18-23/h11,13-14,17-18,24,27H,2-10,12,15-16,19-22H2,1H3. The van der Waals surface area contributed by atoms with Gasteiger partial charge in [-0.3, -0.25) is 9.59 Å². The molecule has 0 aromatic heterocycles. The lowest BCUT2D eigenvalue weighted by Crippen LogP contribution is -2.13. The number of aliphatic hydroxyl groups is 1. The quantitative estimate of drug-likeness (QED) is 0.155. The van der Waals surface area contributed by atoms with Crippen LogP contribution in [0.25, 0.3) is 0 Å². The van der Waals surface area contributed by atoms with Crippen LogP contribution in [0.4, 0.5) is 0 Å². The van der Waals surface area contributed by atoms with Crippen LogP contribution in [0.15, 0.2) is 30.3 Å². The van der Waals surface area contributed by atoms with E-state index in [1.165, 1.54) is 44.9 Å². The molecule has 0 saturated carbocycles. The zero-order valence-electron chi connectivity index (χ0n) is 18.9. The number of unbranched alkanes of at least 4 members (excludes halogenated alkanes) is 10. The maximum absolute atomic E-state index is 11.9. The van der Waals surface area contributed by atoms with Crippen molar-refractivity contribution in [1.82, 2.24) is 0 Å². The molecule has 170 valence electrons. The molecule has 4 nitrogen and oxygen atoms in total. The summed E-state index contributed by atoms with van der Waals surface area (Å²) in [5.41, 5.74) is 0.577. The maximum Gasteiger partial charge on any atom is 0.306 e. The second-order valence-corrected chi connectivity index (χ2v) is 8.32. The first-order valence-corrected chi connectivity index (χ1v) is 12.1. The molecular weight excluding hydrogens is 376 g/mol. The van der Waals surface area contributed by atoms with Crippen LogP contribution in [0.1, 0.15) is 114 Å². The van der Waals surface area contributed by atoms with Crippen LogP contribution in [0.2, 0.25) is 0 Å². The van der Waals surface area contributed by atoms with Crippen molar-refractivity contribution in [2.75, 3.05) is 6.61 Å². The summed E-state index contributed by atoms with van der Waals surface area (Å²) in [6.45, 7) is 2.02. The van der Waals surface area contributed by atoms with E-state index in [4.69, 9.17) is 4.74 Å². The lowest BCUT2D eigenvalue weighted by molar-refractivity contribution is -0.142. The van der Waals surface area contributed by atoms with Crippen LogP contribution in [0.3, 0.4) is 0 Å². The number of ether oxygens (including phenoxy) is 1. The first-order chi connectivity index (χ1) is 14.6. The van der Waals surface area contributed by atoms with Gasteiger partial charge in [-0.25, -0.2) is 0 Å². The number of hydrogen-bond acceptors (Lipinski definition) is 4.